The normalized spacial score (nSPS) is 19.2. The average molecular weight is 335 g/mol. The number of hydrogen-bond donors (Lipinski definition) is 1. The molecule has 1 aromatic heterocycles. The fraction of sp³-hybridized carbons (Fsp3) is 0.263. The summed E-state index contributed by atoms with van der Waals surface area (Å²) in [6.07, 6.45) is 5.60. The highest BCUT2D eigenvalue weighted by Gasteiger charge is 2.44. The van der Waals surface area contributed by atoms with E-state index in [1.807, 2.05) is 12.2 Å². The van der Waals surface area contributed by atoms with Crippen molar-refractivity contribution in [3.63, 3.8) is 0 Å². The molecule has 1 unspecified atom stereocenters. The lowest BCUT2D eigenvalue weighted by molar-refractivity contribution is 0.245. The van der Waals surface area contributed by atoms with Crippen LogP contribution < -0.4 is 5.73 Å². The molecule has 1 aliphatic heterocycles. The molecule has 0 saturated heterocycles. The third kappa shape index (κ3) is 2.78. The SMILES string of the molecule is CC(C)(C)C1(c2cc(-c3ccc(C#N)c(F)c3)nc(N)n2)C=CC=N1. The van der Waals surface area contributed by atoms with Crippen LogP contribution in [-0.4, -0.2) is 16.2 Å². The van der Waals surface area contributed by atoms with E-state index in [1.165, 1.54) is 12.1 Å². The first-order chi connectivity index (χ1) is 11.8. The molecule has 0 spiro atoms. The van der Waals surface area contributed by atoms with Crippen LogP contribution in [0.4, 0.5) is 10.3 Å². The zero-order valence-electron chi connectivity index (χ0n) is 14.3. The van der Waals surface area contributed by atoms with Gasteiger partial charge in [0.05, 0.1) is 17.0 Å². The van der Waals surface area contributed by atoms with Gasteiger partial charge in [0.15, 0.2) is 0 Å². The zero-order chi connectivity index (χ0) is 18.2. The van der Waals surface area contributed by atoms with Crippen molar-refractivity contribution in [2.24, 2.45) is 10.4 Å². The Balaban J connectivity index is 2.17. The lowest BCUT2D eigenvalue weighted by Gasteiger charge is -2.37. The fourth-order valence-corrected chi connectivity index (χ4v) is 2.94. The van der Waals surface area contributed by atoms with E-state index in [-0.39, 0.29) is 16.9 Å². The van der Waals surface area contributed by atoms with E-state index in [0.717, 1.165) is 0 Å². The van der Waals surface area contributed by atoms with Gasteiger partial charge in [0.1, 0.15) is 17.4 Å². The lowest BCUT2D eigenvalue weighted by Crippen LogP contribution is -2.36. The number of halogens is 1. The van der Waals surface area contributed by atoms with Crippen LogP contribution in [0.25, 0.3) is 11.3 Å². The molecule has 0 radical (unpaired) electrons. The first-order valence-electron chi connectivity index (χ1n) is 7.85. The van der Waals surface area contributed by atoms with Crippen molar-refractivity contribution in [1.82, 2.24) is 9.97 Å². The molecule has 0 fully saturated rings. The molecule has 1 aromatic carbocycles. The Morgan fingerprint density at radius 1 is 1.20 bits per heavy atom. The van der Waals surface area contributed by atoms with Gasteiger partial charge in [0, 0.05) is 11.8 Å². The van der Waals surface area contributed by atoms with Crippen LogP contribution in [0.15, 0.2) is 41.4 Å². The highest BCUT2D eigenvalue weighted by atomic mass is 19.1. The first-order valence-corrected chi connectivity index (χ1v) is 7.85. The topological polar surface area (TPSA) is 88.0 Å². The lowest BCUT2D eigenvalue weighted by atomic mass is 9.72. The molecule has 0 bridgehead atoms. The molecule has 2 N–H and O–H groups in total. The standard InChI is InChI=1S/C19H18FN5/c1-18(2,3)19(7-4-8-23-19)16-10-15(24-17(22)25-16)12-5-6-13(11-21)14(20)9-12/h4-10H,1-3H3,(H2,22,24,25). The predicted octanol–water partition coefficient (Wildman–Crippen LogP) is 3.62. The van der Waals surface area contributed by atoms with E-state index < -0.39 is 11.4 Å². The molecule has 0 aliphatic carbocycles. The number of nitrogen functional groups attached to an aromatic ring is 1. The van der Waals surface area contributed by atoms with Gasteiger partial charge in [-0.15, -0.1) is 0 Å². The number of nitrogens with two attached hydrogens (primary N) is 1. The Morgan fingerprint density at radius 2 is 1.96 bits per heavy atom. The van der Waals surface area contributed by atoms with Crippen LogP contribution in [0.3, 0.4) is 0 Å². The summed E-state index contributed by atoms with van der Waals surface area (Å²) in [6.45, 7) is 6.21. The van der Waals surface area contributed by atoms with E-state index in [1.54, 1.807) is 24.4 Å². The third-order valence-corrected chi connectivity index (χ3v) is 4.36. The molecule has 5 nitrogen and oxygen atoms in total. The highest BCUT2D eigenvalue weighted by molar-refractivity contribution is 5.76. The third-order valence-electron chi connectivity index (χ3n) is 4.36. The fourth-order valence-electron chi connectivity index (χ4n) is 2.94. The number of nitrogens with zero attached hydrogens (tertiary/aromatic N) is 4. The molecule has 1 aliphatic rings. The van der Waals surface area contributed by atoms with Crippen LogP contribution in [0.2, 0.25) is 0 Å². The molecule has 1 atom stereocenters. The number of benzene rings is 1. The monoisotopic (exact) mass is 335 g/mol. The van der Waals surface area contributed by atoms with Crippen LogP contribution >= 0.6 is 0 Å². The second-order valence-corrected chi connectivity index (χ2v) is 6.96. The summed E-state index contributed by atoms with van der Waals surface area (Å²) < 4.78 is 14.0. The van der Waals surface area contributed by atoms with Crippen molar-refractivity contribution in [3.05, 3.63) is 53.5 Å². The summed E-state index contributed by atoms with van der Waals surface area (Å²) in [4.78, 5) is 13.2. The smallest absolute Gasteiger partial charge is 0.220 e. The van der Waals surface area contributed by atoms with E-state index in [0.29, 0.717) is 17.0 Å². The van der Waals surface area contributed by atoms with Gasteiger partial charge in [-0.2, -0.15) is 5.26 Å². The minimum atomic E-state index is -0.663. The van der Waals surface area contributed by atoms with Crippen LogP contribution in [0.5, 0.6) is 0 Å². The molecule has 3 rings (SSSR count). The number of hydrogen-bond acceptors (Lipinski definition) is 5. The summed E-state index contributed by atoms with van der Waals surface area (Å²) in [5.41, 5.74) is 6.67. The van der Waals surface area contributed by atoms with Gasteiger partial charge in [-0.3, -0.25) is 4.99 Å². The van der Waals surface area contributed by atoms with Crippen molar-refractivity contribution in [1.29, 1.82) is 5.26 Å². The largest absolute Gasteiger partial charge is 0.368 e. The van der Waals surface area contributed by atoms with E-state index in [4.69, 9.17) is 11.0 Å². The number of rotatable bonds is 2. The van der Waals surface area contributed by atoms with Gasteiger partial charge in [-0.25, -0.2) is 14.4 Å². The first kappa shape index (κ1) is 16.8. The van der Waals surface area contributed by atoms with Gasteiger partial charge >= 0.3 is 0 Å². The summed E-state index contributed by atoms with van der Waals surface area (Å²) >= 11 is 0. The number of allylic oxidation sites excluding steroid dienone is 1. The molecule has 0 saturated carbocycles. The van der Waals surface area contributed by atoms with E-state index >= 15 is 0 Å². The minimum absolute atomic E-state index is 0.0134. The molecule has 126 valence electrons. The second kappa shape index (κ2) is 5.78. The van der Waals surface area contributed by atoms with Crippen molar-refractivity contribution >= 4 is 12.2 Å². The Labute approximate surface area is 145 Å². The van der Waals surface area contributed by atoms with Gasteiger partial charge < -0.3 is 5.73 Å². The maximum absolute atomic E-state index is 14.0. The van der Waals surface area contributed by atoms with E-state index in [9.17, 15) is 4.39 Å². The van der Waals surface area contributed by atoms with Crippen molar-refractivity contribution in [3.8, 4) is 17.3 Å². The molecule has 2 heterocycles. The highest BCUT2D eigenvalue weighted by Crippen LogP contribution is 2.45. The molecular formula is C19H18FN5. The summed E-state index contributed by atoms with van der Waals surface area (Å²) in [6, 6.07) is 7.93. The molecule has 0 amide bonds. The predicted molar refractivity (Wildman–Crippen MR) is 95.3 cm³/mol. The zero-order valence-corrected chi connectivity index (χ0v) is 14.3. The van der Waals surface area contributed by atoms with Gasteiger partial charge in [0.25, 0.3) is 0 Å². The van der Waals surface area contributed by atoms with Crippen LogP contribution in [0, 0.1) is 22.6 Å². The Morgan fingerprint density at radius 3 is 2.52 bits per heavy atom. The molecular weight excluding hydrogens is 317 g/mol. The van der Waals surface area contributed by atoms with Crippen molar-refractivity contribution in [2.75, 3.05) is 5.73 Å². The maximum Gasteiger partial charge on any atom is 0.220 e. The molecule has 2 aromatic rings. The Kier molecular flexibility index (Phi) is 3.88. The number of nitriles is 1. The van der Waals surface area contributed by atoms with Crippen molar-refractivity contribution < 1.29 is 4.39 Å². The average Bonchev–Trinajstić information content (AvgIpc) is 3.05. The van der Waals surface area contributed by atoms with Gasteiger partial charge in [-0.1, -0.05) is 26.8 Å². The maximum atomic E-state index is 14.0. The van der Waals surface area contributed by atoms with Crippen LogP contribution in [-0.2, 0) is 5.54 Å². The Bertz CT molecular complexity index is 920. The summed E-state index contributed by atoms with van der Waals surface area (Å²) in [5.74, 6) is -0.501. The summed E-state index contributed by atoms with van der Waals surface area (Å²) in [7, 11) is 0. The number of aliphatic imine (C=N–C) groups is 1. The Hall–Kier alpha value is -3.07. The molecule has 25 heavy (non-hydrogen) atoms. The van der Waals surface area contributed by atoms with Gasteiger partial charge in [-0.05, 0) is 35.8 Å². The quantitative estimate of drug-likeness (QED) is 0.908. The van der Waals surface area contributed by atoms with Crippen molar-refractivity contribution in [2.45, 2.75) is 26.3 Å². The number of aromatic nitrogens is 2. The van der Waals surface area contributed by atoms with Gasteiger partial charge in [0.2, 0.25) is 5.95 Å². The van der Waals surface area contributed by atoms with E-state index in [2.05, 4.69) is 35.7 Å². The summed E-state index contributed by atoms with van der Waals surface area (Å²) in [5, 5.41) is 8.88. The van der Waals surface area contributed by atoms with Crippen LogP contribution in [0.1, 0.15) is 32.0 Å². The molecule has 6 heteroatoms. The second-order valence-electron chi connectivity index (χ2n) is 6.96. The minimum Gasteiger partial charge on any atom is -0.368 e. The number of anilines is 1.